The van der Waals surface area contributed by atoms with Crippen molar-refractivity contribution in [1.82, 2.24) is 0 Å². The predicted octanol–water partition coefficient (Wildman–Crippen LogP) is 7.89. The molecule has 0 spiro atoms. The molecular formula is C33H30N2. The van der Waals surface area contributed by atoms with Gasteiger partial charge in [-0.3, -0.25) is 5.41 Å². The third kappa shape index (κ3) is 6.78. The topological polar surface area (TPSA) is 49.9 Å². The number of nitrogens with one attached hydrogen (secondary N) is 1. The molecule has 0 aliphatic heterocycles. The summed E-state index contributed by atoms with van der Waals surface area (Å²) >= 11 is 0. The molecule has 0 aromatic heterocycles. The second kappa shape index (κ2) is 11.6. The Kier molecular flexibility index (Phi) is 7.88. The average Bonchev–Trinajstić information content (AvgIpc) is 2.92. The van der Waals surface area contributed by atoms with Crippen LogP contribution in [0.1, 0.15) is 22.3 Å². The fourth-order valence-corrected chi connectivity index (χ4v) is 3.93. The second-order valence-electron chi connectivity index (χ2n) is 8.59. The van der Waals surface area contributed by atoms with Gasteiger partial charge in [-0.25, -0.2) is 0 Å². The van der Waals surface area contributed by atoms with E-state index in [2.05, 4.69) is 85.8 Å². The molecule has 2 heteroatoms. The highest BCUT2D eigenvalue weighted by atomic mass is 14.7. The number of amidine groups is 1. The second-order valence-corrected chi connectivity index (χ2v) is 8.59. The third-order valence-electron chi connectivity index (χ3n) is 5.84. The zero-order chi connectivity index (χ0) is 24.5. The van der Waals surface area contributed by atoms with Crippen LogP contribution in [0.15, 0.2) is 133 Å². The highest BCUT2D eigenvalue weighted by molar-refractivity contribution is 5.96. The van der Waals surface area contributed by atoms with Crippen LogP contribution >= 0.6 is 0 Å². The SMILES string of the molecule is Cc1ccc(Cc2cccc(-c3ccccc3)c2)cc1.N=C(N)c1cccc(-c2ccccc2)c1. The fourth-order valence-electron chi connectivity index (χ4n) is 3.93. The number of hydrogen-bond donors (Lipinski definition) is 2. The first-order chi connectivity index (χ1) is 17.1. The fraction of sp³-hybridized carbons (Fsp3) is 0.0606. The Balaban J connectivity index is 0.000000172. The molecule has 0 radical (unpaired) electrons. The van der Waals surface area contributed by atoms with Gasteiger partial charge in [0.1, 0.15) is 5.84 Å². The molecule has 0 amide bonds. The molecule has 5 aromatic carbocycles. The minimum absolute atomic E-state index is 0.104. The zero-order valence-electron chi connectivity index (χ0n) is 20.0. The predicted molar refractivity (Wildman–Crippen MR) is 149 cm³/mol. The monoisotopic (exact) mass is 454 g/mol. The molecule has 0 unspecified atom stereocenters. The summed E-state index contributed by atoms with van der Waals surface area (Å²) in [6, 6.07) is 45.9. The minimum Gasteiger partial charge on any atom is -0.384 e. The van der Waals surface area contributed by atoms with Crippen molar-refractivity contribution in [3.05, 3.63) is 156 Å². The lowest BCUT2D eigenvalue weighted by Crippen LogP contribution is -2.10. The van der Waals surface area contributed by atoms with E-state index in [0.29, 0.717) is 0 Å². The Morgan fingerprint density at radius 2 is 1.06 bits per heavy atom. The lowest BCUT2D eigenvalue weighted by molar-refractivity contribution is 1.19. The lowest BCUT2D eigenvalue weighted by Gasteiger charge is -2.06. The van der Waals surface area contributed by atoms with Crippen molar-refractivity contribution in [2.24, 2.45) is 5.73 Å². The van der Waals surface area contributed by atoms with Gasteiger partial charge in [0, 0.05) is 5.56 Å². The summed E-state index contributed by atoms with van der Waals surface area (Å²) in [5, 5.41) is 7.37. The zero-order valence-corrected chi connectivity index (χ0v) is 20.0. The molecular weight excluding hydrogens is 424 g/mol. The summed E-state index contributed by atoms with van der Waals surface area (Å²) in [5.74, 6) is 0.104. The van der Waals surface area contributed by atoms with Crippen LogP contribution < -0.4 is 5.73 Å². The maximum absolute atomic E-state index is 7.37. The van der Waals surface area contributed by atoms with E-state index in [1.807, 2.05) is 54.6 Å². The lowest BCUT2D eigenvalue weighted by atomic mass is 9.99. The molecule has 0 saturated heterocycles. The van der Waals surface area contributed by atoms with Crippen LogP contribution in [0, 0.1) is 12.3 Å². The van der Waals surface area contributed by atoms with Crippen molar-refractivity contribution in [3.8, 4) is 22.3 Å². The van der Waals surface area contributed by atoms with E-state index in [0.717, 1.165) is 23.1 Å². The van der Waals surface area contributed by atoms with Crippen molar-refractivity contribution in [2.45, 2.75) is 13.3 Å². The summed E-state index contributed by atoms with van der Waals surface area (Å²) in [6.45, 7) is 2.12. The molecule has 172 valence electrons. The number of rotatable bonds is 5. The van der Waals surface area contributed by atoms with Gasteiger partial charge in [0.25, 0.3) is 0 Å². The Bertz CT molecular complexity index is 1370. The summed E-state index contributed by atoms with van der Waals surface area (Å²) < 4.78 is 0. The first-order valence-corrected chi connectivity index (χ1v) is 11.8. The maximum Gasteiger partial charge on any atom is 0.122 e. The van der Waals surface area contributed by atoms with Crippen LogP contribution in [-0.2, 0) is 6.42 Å². The molecule has 2 nitrogen and oxygen atoms in total. The quantitative estimate of drug-likeness (QED) is 0.206. The minimum atomic E-state index is 0.104. The van der Waals surface area contributed by atoms with E-state index in [4.69, 9.17) is 11.1 Å². The van der Waals surface area contributed by atoms with Crippen molar-refractivity contribution in [2.75, 3.05) is 0 Å². The van der Waals surface area contributed by atoms with E-state index < -0.39 is 0 Å². The summed E-state index contributed by atoms with van der Waals surface area (Å²) in [4.78, 5) is 0. The van der Waals surface area contributed by atoms with Crippen LogP contribution in [0.4, 0.5) is 0 Å². The van der Waals surface area contributed by atoms with Crippen LogP contribution in [-0.4, -0.2) is 5.84 Å². The van der Waals surface area contributed by atoms with Gasteiger partial charge in [-0.2, -0.15) is 0 Å². The van der Waals surface area contributed by atoms with Crippen molar-refractivity contribution in [1.29, 1.82) is 5.41 Å². The van der Waals surface area contributed by atoms with Gasteiger partial charge >= 0.3 is 0 Å². The number of benzene rings is 5. The standard InChI is InChI=1S/C20H18.C13H12N2/c1-16-10-12-17(13-11-16)14-18-6-5-9-20(15-18)19-7-3-2-4-8-19;14-13(15)12-8-4-7-11(9-12)10-5-2-1-3-6-10/h2-13,15H,14H2,1H3;1-9H,(H3,14,15). The number of nitrogen functional groups attached to an aromatic ring is 1. The molecule has 0 bridgehead atoms. The molecule has 0 atom stereocenters. The van der Waals surface area contributed by atoms with Gasteiger partial charge in [-0.15, -0.1) is 0 Å². The number of hydrogen-bond acceptors (Lipinski definition) is 1. The normalized spacial score (nSPS) is 10.2. The highest BCUT2D eigenvalue weighted by Gasteiger charge is 2.01. The van der Waals surface area contributed by atoms with Gasteiger partial charge in [0.2, 0.25) is 0 Å². The molecule has 0 fully saturated rings. The van der Waals surface area contributed by atoms with E-state index in [1.54, 1.807) is 0 Å². The summed E-state index contributed by atoms with van der Waals surface area (Å²) in [6.07, 6.45) is 0.987. The molecule has 0 saturated carbocycles. The molecule has 0 aliphatic carbocycles. The number of nitrogens with two attached hydrogens (primary N) is 1. The van der Waals surface area contributed by atoms with Crippen molar-refractivity contribution >= 4 is 5.84 Å². The smallest absolute Gasteiger partial charge is 0.122 e. The Morgan fingerprint density at radius 3 is 1.63 bits per heavy atom. The number of aryl methyl sites for hydroxylation is 1. The van der Waals surface area contributed by atoms with E-state index in [1.165, 1.54) is 27.8 Å². The van der Waals surface area contributed by atoms with Crippen LogP contribution in [0.3, 0.4) is 0 Å². The van der Waals surface area contributed by atoms with E-state index >= 15 is 0 Å². The first-order valence-electron chi connectivity index (χ1n) is 11.8. The average molecular weight is 455 g/mol. The highest BCUT2D eigenvalue weighted by Crippen LogP contribution is 2.22. The Hall–Kier alpha value is -4.43. The maximum atomic E-state index is 7.37. The third-order valence-corrected chi connectivity index (χ3v) is 5.84. The molecule has 0 aliphatic rings. The van der Waals surface area contributed by atoms with Crippen molar-refractivity contribution < 1.29 is 0 Å². The molecule has 0 heterocycles. The largest absolute Gasteiger partial charge is 0.384 e. The summed E-state index contributed by atoms with van der Waals surface area (Å²) in [5.41, 5.74) is 15.0. The van der Waals surface area contributed by atoms with Gasteiger partial charge in [0.15, 0.2) is 0 Å². The summed E-state index contributed by atoms with van der Waals surface area (Å²) in [7, 11) is 0. The Morgan fingerprint density at radius 1 is 0.543 bits per heavy atom. The van der Waals surface area contributed by atoms with Gasteiger partial charge in [-0.1, -0.05) is 133 Å². The van der Waals surface area contributed by atoms with Gasteiger partial charge in [0.05, 0.1) is 0 Å². The first kappa shape index (κ1) is 23.7. The molecule has 5 rings (SSSR count). The Labute approximate surface area is 208 Å². The van der Waals surface area contributed by atoms with Gasteiger partial charge in [-0.05, 0) is 52.8 Å². The van der Waals surface area contributed by atoms with Crippen LogP contribution in [0.25, 0.3) is 22.3 Å². The van der Waals surface area contributed by atoms with E-state index in [-0.39, 0.29) is 5.84 Å². The van der Waals surface area contributed by atoms with Crippen LogP contribution in [0.5, 0.6) is 0 Å². The molecule has 5 aromatic rings. The molecule has 3 N–H and O–H groups in total. The van der Waals surface area contributed by atoms with Crippen LogP contribution in [0.2, 0.25) is 0 Å². The van der Waals surface area contributed by atoms with Crippen molar-refractivity contribution in [3.63, 3.8) is 0 Å². The van der Waals surface area contributed by atoms with E-state index in [9.17, 15) is 0 Å². The molecule has 35 heavy (non-hydrogen) atoms. The van der Waals surface area contributed by atoms with Gasteiger partial charge < -0.3 is 5.73 Å².